The Morgan fingerprint density at radius 1 is 0.824 bits per heavy atom. The fraction of sp³-hybridized carbons (Fsp3) is 0.286. The van der Waals surface area contributed by atoms with Crippen LogP contribution in [0.3, 0.4) is 0 Å². The molecule has 0 heterocycles. The van der Waals surface area contributed by atoms with E-state index in [2.05, 4.69) is 47.1 Å². The molecular formula is C14H19N3. The van der Waals surface area contributed by atoms with Gasteiger partial charge in [-0.15, -0.1) is 0 Å². The van der Waals surface area contributed by atoms with Gasteiger partial charge in [-0.2, -0.15) is 0 Å². The van der Waals surface area contributed by atoms with Gasteiger partial charge in [0, 0.05) is 49.0 Å². The number of hydrogen-bond acceptors (Lipinski definition) is 3. The van der Waals surface area contributed by atoms with Crippen LogP contribution in [0, 0.1) is 6.92 Å². The van der Waals surface area contributed by atoms with Crippen molar-refractivity contribution < 1.29 is 0 Å². The SMILES string of the molecule is CNc1cc(NC)c2cccc(NC)c2c1C. The minimum absolute atomic E-state index is 1.15. The minimum Gasteiger partial charge on any atom is -0.388 e. The van der Waals surface area contributed by atoms with Crippen LogP contribution < -0.4 is 16.0 Å². The summed E-state index contributed by atoms with van der Waals surface area (Å²) in [7, 11) is 5.87. The second-order valence-electron chi connectivity index (χ2n) is 4.07. The van der Waals surface area contributed by atoms with Crippen LogP contribution in [0.2, 0.25) is 0 Å². The van der Waals surface area contributed by atoms with Crippen molar-refractivity contribution in [3.63, 3.8) is 0 Å². The second kappa shape index (κ2) is 4.53. The summed E-state index contributed by atoms with van der Waals surface area (Å²) in [5, 5.41) is 12.3. The highest BCUT2D eigenvalue weighted by Crippen LogP contribution is 2.36. The fourth-order valence-electron chi connectivity index (χ4n) is 2.32. The van der Waals surface area contributed by atoms with E-state index in [0.29, 0.717) is 0 Å². The molecule has 0 aliphatic heterocycles. The summed E-state index contributed by atoms with van der Waals surface area (Å²) in [6, 6.07) is 8.48. The highest BCUT2D eigenvalue weighted by molar-refractivity contribution is 6.06. The molecule has 3 heteroatoms. The van der Waals surface area contributed by atoms with Crippen molar-refractivity contribution in [1.29, 1.82) is 0 Å². The van der Waals surface area contributed by atoms with Crippen LogP contribution >= 0.6 is 0 Å². The van der Waals surface area contributed by atoms with Crippen LogP contribution in [-0.2, 0) is 0 Å². The van der Waals surface area contributed by atoms with Crippen LogP contribution in [0.1, 0.15) is 5.56 Å². The fourth-order valence-corrected chi connectivity index (χ4v) is 2.32. The van der Waals surface area contributed by atoms with Crippen molar-refractivity contribution in [3.8, 4) is 0 Å². The average molecular weight is 229 g/mol. The lowest BCUT2D eigenvalue weighted by atomic mass is 10.00. The van der Waals surface area contributed by atoms with Gasteiger partial charge in [0.2, 0.25) is 0 Å². The summed E-state index contributed by atoms with van der Waals surface area (Å²) in [6.45, 7) is 2.15. The molecule has 2 rings (SSSR count). The molecular weight excluding hydrogens is 210 g/mol. The third-order valence-corrected chi connectivity index (χ3v) is 3.23. The lowest BCUT2D eigenvalue weighted by molar-refractivity contribution is 1.42. The Bertz CT molecular complexity index is 547. The first-order chi connectivity index (χ1) is 8.22. The Kier molecular flexibility index (Phi) is 3.09. The number of rotatable bonds is 3. The first kappa shape index (κ1) is 11.6. The molecule has 0 saturated carbocycles. The normalized spacial score (nSPS) is 10.4. The molecule has 2 aromatic carbocycles. The van der Waals surface area contributed by atoms with E-state index in [0.717, 1.165) is 17.1 Å². The molecule has 3 nitrogen and oxygen atoms in total. The van der Waals surface area contributed by atoms with Gasteiger partial charge in [-0.1, -0.05) is 12.1 Å². The zero-order valence-electron chi connectivity index (χ0n) is 10.8. The predicted molar refractivity (Wildman–Crippen MR) is 77.3 cm³/mol. The van der Waals surface area contributed by atoms with Crippen molar-refractivity contribution in [1.82, 2.24) is 0 Å². The standard InChI is InChI=1S/C14H19N3/c1-9-12(16-3)8-13(17-4)10-6-5-7-11(15-2)14(9)10/h5-8,15-17H,1-4H3. The van der Waals surface area contributed by atoms with Crippen molar-refractivity contribution in [2.45, 2.75) is 6.92 Å². The zero-order valence-corrected chi connectivity index (χ0v) is 10.8. The van der Waals surface area contributed by atoms with E-state index in [1.54, 1.807) is 0 Å². The first-order valence-electron chi connectivity index (χ1n) is 5.82. The van der Waals surface area contributed by atoms with E-state index in [9.17, 15) is 0 Å². The maximum absolute atomic E-state index is 3.26. The van der Waals surface area contributed by atoms with Gasteiger partial charge in [-0.25, -0.2) is 0 Å². The van der Waals surface area contributed by atoms with E-state index in [-0.39, 0.29) is 0 Å². The average Bonchev–Trinajstić information content (AvgIpc) is 2.38. The molecule has 90 valence electrons. The van der Waals surface area contributed by atoms with E-state index >= 15 is 0 Å². The van der Waals surface area contributed by atoms with Gasteiger partial charge in [-0.05, 0) is 24.6 Å². The Balaban J connectivity index is 2.89. The molecule has 17 heavy (non-hydrogen) atoms. The van der Waals surface area contributed by atoms with Gasteiger partial charge >= 0.3 is 0 Å². The highest BCUT2D eigenvalue weighted by atomic mass is 14.9. The highest BCUT2D eigenvalue weighted by Gasteiger charge is 2.10. The predicted octanol–water partition coefficient (Wildman–Crippen LogP) is 3.27. The molecule has 0 amide bonds. The largest absolute Gasteiger partial charge is 0.388 e. The molecule has 0 unspecified atom stereocenters. The summed E-state index contributed by atoms with van der Waals surface area (Å²) >= 11 is 0. The third-order valence-electron chi connectivity index (χ3n) is 3.23. The summed E-state index contributed by atoms with van der Waals surface area (Å²) in [6.07, 6.45) is 0. The topological polar surface area (TPSA) is 36.1 Å². The molecule has 0 bridgehead atoms. The molecule has 0 atom stereocenters. The quantitative estimate of drug-likeness (QED) is 0.756. The Morgan fingerprint density at radius 2 is 1.47 bits per heavy atom. The van der Waals surface area contributed by atoms with Gasteiger partial charge in [0.15, 0.2) is 0 Å². The number of anilines is 3. The molecule has 3 N–H and O–H groups in total. The smallest absolute Gasteiger partial charge is 0.0438 e. The molecule has 0 radical (unpaired) electrons. The molecule has 0 aromatic heterocycles. The second-order valence-corrected chi connectivity index (χ2v) is 4.07. The monoisotopic (exact) mass is 229 g/mol. The van der Waals surface area contributed by atoms with E-state index in [1.807, 2.05) is 21.1 Å². The van der Waals surface area contributed by atoms with Crippen molar-refractivity contribution in [2.75, 3.05) is 37.1 Å². The van der Waals surface area contributed by atoms with Gasteiger partial charge in [0.05, 0.1) is 0 Å². The number of benzene rings is 2. The van der Waals surface area contributed by atoms with Crippen LogP contribution in [0.4, 0.5) is 17.1 Å². The number of fused-ring (bicyclic) bond motifs is 1. The molecule has 0 spiro atoms. The first-order valence-corrected chi connectivity index (χ1v) is 5.82. The summed E-state index contributed by atoms with van der Waals surface area (Å²) in [4.78, 5) is 0. The van der Waals surface area contributed by atoms with Crippen molar-refractivity contribution in [3.05, 3.63) is 29.8 Å². The van der Waals surface area contributed by atoms with Crippen LogP contribution in [-0.4, -0.2) is 21.1 Å². The van der Waals surface area contributed by atoms with Gasteiger partial charge in [0.1, 0.15) is 0 Å². The van der Waals surface area contributed by atoms with Crippen LogP contribution in [0.25, 0.3) is 10.8 Å². The third kappa shape index (κ3) is 1.78. The van der Waals surface area contributed by atoms with E-state index in [4.69, 9.17) is 0 Å². The Labute approximate surface area is 102 Å². The molecule has 2 aromatic rings. The van der Waals surface area contributed by atoms with Crippen molar-refractivity contribution in [2.24, 2.45) is 0 Å². The maximum Gasteiger partial charge on any atom is 0.0438 e. The van der Waals surface area contributed by atoms with Gasteiger partial charge in [-0.3, -0.25) is 0 Å². The Morgan fingerprint density at radius 3 is 2.06 bits per heavy atom. The summed E-state index contributed by atoms with van der Waals surface area (Å²) < 4.78 is 0. The van der Waals surface area contributed by atoms with Crippen LogP contribution in [0.15, 0.2) is 24.3 Å². The number of hydrogen-bond donors (Lipinski definition) is 3. The Hall–Kier alpha value is -1.90. The van der Waals surface area contributed by atoms with Gasteiger partial charge in [0.25, 0.3) is 0 Å². The summed E-state index contributed by atoms with van der Waals surface area (Å²) in [5.41, 5.74) is 4.73. The molecule has 0 aliphatic carbocycles. The lowest BCUT2D eigenvalue weighted by Gasteiger charge is -2.16. The van der Waals surface area contributed by atoms with Crippen LogP contribution in [0.5, 0.6) is 0 Å². The maximum atomic E-state index is 3.26. The molecule has 0 saturated heterocycles. The summed E-state index contributed by atoms with van der Waals surface area (Å²) in [5.74, 6) is 0. The minimum atomic E-state index is 1.15. The number of aryl methyl sites for hydroxylation is 1. The zero-order chi connectivity index (χ0) is 12.4. The molecule has 0 fully saturated rings. The molecule has 0 aliphatic rings. The van der Waals surface area contributed by atoms with E-state index < -0.39 is 0 Å². The van der Waals surface area contributed by atoms with E-state index in [1.165, 1.54) is 16.3 Å². The van der Waals surface area contributed by atoms with Gasteiger partial charge < -0.3 is 16.0 Å². The lowest BCUT2D eigenvalue weighted by Crippen LogP contribution is -1.99. The van der Waals surface area contributed by atoms with Crippen molar-refractivity contribution >= 4 is 27.8 Å². The number of nitrogens with one attached hydrogen (secondary N) is 3.